The Morgan fingerprint density at radius 2 is 1.68 bits per heavy atom. The summed E-state index contributed by atoms with van der Waals surface area (Å²) in [6, 6.07) is 21.3. The summed E-state index contributed by atoms with van der Waals surface area (Å²) in [4.78, 5) is 30.4. The maximum absolute atomic E-state index is 13.7. The number of halogens is 1. The van der Waals surface area contributed by atoms with Crippen LogP contribution in [0.4, 0.5) is 5.69 Å². The van der Waals surface area contributed by atoms with Crippen LogP contribution in [-0.2, 0) is 17.8 Å². The number of hydrogen-bond donors (Lipinski definition) is 0. The van der Waals surface area contributed by atoms with Crippen LogP contribution in [0.1, 0.15) is 53.2 Å². The van der Waals surface area contributed by atoms with Crippen LogP contribution in [0.3, 0.4) is 0 Å². The summed E-state index contributed by atoms with van der Waals surface area (Å²) in [5.41, 5.74) is 3.42. The molecule has 1 amide bonds. The number of nitro groups is 1. The summed E-state index contributed by atoms with van der Waals surface area (Å²) in [6.07, 6.45) is 3.77. The van der Waals surface area contributed by atoms with Crippen LogP contribution in [0.2, 0.25) is 5.02 Å². The van der Waals surface area contributed by atoms with Crippen molar-refractivity contribution in [1.82, 2.24) is 5.06 Å². The van der Waals surface area contributed by atoms with E-state index in [0.717, 1.165) is 36.0 Å². The third kappa shape index (κ3) is 5.82. The van der Waals surface area contributed by atoms with E-state index in [0.29, 0.717) is 23.6 Å². The van der Waals surface area contributed by atoms with E-state index in [1.54, 1.807) is 12.1 Å². The lowest BCUT2D eigenvalue weighted by atomic mass is 9.99. The zero-order valence-corrected chi connectivity index (χ0v) is 19.8. The molecule has 7 heteroatoms. The molecule has 0 unspecified atom stereocenters. The molecule has 0 bridgehead atoms. The van der Waals surface area contributed by atoms with Crippen LogP contribution in [0.5, 0.6) is 0 Å². The predicted octanol–water partition coefficient (Wildman–Crippen LogP) is 6.60. The first kappa shape index (κ1) is 23.9. The molecule has 0 aromatic heterocycles. The van der Waals surface area contributed by atoms with Crippen molar-refractivity contribution in [3.63, 3.8) is 0 Å². The van der Waals surface area contributed by atoms with E-state index in [1.807, 2.05) is 48.5 Å². The first-order valence-corrected chi connectivity index (χ1v) is 11.8. The van der Waals surface area contributed by atoms with E-state index in [2.05, 4.69) is 6.92 Å². The second-order valence-electron chi connectivity index (χ2n) is 8.85. The molecule has 0 radical (unpaired) electrons. The summed E-state index contributed by atoms with van der Waals surface area (Å²) in [5.74, 6) is -0.227. The standard InChI is InChI=1S/C27H27ClN2O4/c1-2-27(15-16-27)19-34-29(18-21-9-13-24(14-10-21)30(32)33)26(31)25-6-4-3-5-22(25)17-20-7-11-23(28)12-8-20/h3-14H,2,15-19H2,1H3. The zero-order valence-electron chi connectivity index (χ0n) is 19.1. The third-order valence-corrected chi connectivity index (χ3v) is 6.74. The highest BCUT2D eigenvalue weighted by Crippen LogP contribution is 2.48. The molecule has 0 aliphatic heterocycles. The van der Waals surface area contributed by atoms with Gasteiger partial charge in [0.05, 0.1) is 18.1 Å². The van der Waals surface area contributed by atoms with E-state index >= 15 is 0 Å². The molecule has 176 valence electrons. The van der Waals surface area contributed by atoms with Crippen molar-refractivity contribution in [2.24, 2.45) is 5.41 Å². The number of carbonyl (C=O) groups excluding carboxylic acids is 1. The smallest absolute Gasteiger partial charge is 0.270 e. The number of amides is 1. The van der Waals surface area contributed by atoms with Crippen LogP contribution >= 0.6 is 11.6 Å². The predicted molar refractivity (Wildman–Crippen MR) is 132 cm³/mol. The molecule has 1 saturated carbocycles. The number of non-ortho nitro benzene ring substituents is 1. The second-order valence-corrected chi connectivity index (χ2v) is 9.29. The van der Waals surface area contributed by atoms with Gasteiger partial charge in [0.2, 0.25) is 0 Å². The van der Waals surface area contributed by atoms with E-state index in [9.17, 15) is 14.9 Å². The summed E-state index contributed by atoms with van der Waals surface area (Å²) in [5, 5.41) is 13.1. The van der Waals surface area contributed by atoms with Crippen LogP contribution in [0, 0.1) is 15.5 Å². The number of hydrogen-bond acceptors (Lipinski definition) is 4. The maximum Gasteiger partial charge on any atom is 0.278 e. The van der Waals surface area contributed by atoms with Gasteiger partial charge in [0.15, 0.2) is 0 Å². The van der Waals surface area contributed by atoms with Gasteiger partial charge in [0.1, 0.15) is 0 Å². The Balaban J connectivity index is 1.58. The molecule has 0 saturated heterocycles. The van der Waals surface area contributed by atoms with Crippen molar-refractivity contribution in [3.8, 4) is 0 Å². The highest BCUT2D eigenvalue weighted by molar-refractivity contribution is 6.30. The fourth-order valence-electron chi connectivity index (χ4n) is 3.90. The van der Waals surface area contributed by atoms with Crippen molar-refractivity contribution < 1.29 is 14.6 Å². The van der Waals surface area contributed by atoms with Gasteiger partial charge in [-0.1, -0.05) is 61.0 Å². The summed E-state index contributed by atoms with van der Waals surface area (Å²) in [7, 11) is 0. The molecule has 1 aliphatic rings. The molecule has 6 nitrogen and oxygen atoms in total. The van der Waals surface area contributed by atoms with Crippen LogP contribution < -0.4 is 0 Å². The van der Waals surface area contributed by atoms with Crippen molar-refractivity contribution >= 4 is 23.2 Å². The molecule has 1 fully saturated rings. The van der Waals surface area contributed by atoms with Crippen LogP contribution in [0.25, 0.3) is 0 Å². The Labute approximate surface area is 204 Å². The van der Waals surface area contributed by atoms with E-state index in [1.165, 1.54) is 17.2 Å². The van der Waals surface area contributed by atoms with Crippen molar-refractivity contribution in [1.29, 1.82) is 0 Å². The molecule has 0 atom stereocenters. The number of nitro benzene ring substituents is 1. The SMILES string of the molecule is CCC1(CON(Cc2ccc([N+](=O)[O-])cc2)C(=O)c2ccccc2Cc2ccc(Cl)cc2)CC1. The quantitative estimate of drug-likeness (QED) is 0.243. The number of carbonyl (C=O) groups is 1. The minimum absolute atomic E-state index is 0.0128. The lowest BCUT2D eigenvalue weighted by molar-refractivity contribution is -0.384. The van der Waals surface area contributed by atoms with E-state index in [4.69, 9.17) is 16.4 Å². The van der Waals surface area contributed by atoms with E-state index in [-0.39, 0.29) is 23.6 Å². The average molecular weight is 479 g/mol. The maximum atomic E-state index is 13.7. The van der Waals surface area contributed by atoms with Gasteiger partial charge < -0.3 is 0 Å². The molecule has 1 aliphatic carbocycles. The molecular formula is C27H27ClN2O4. The van der Waals surface area contributed by atoms with Gasteiger partial charge in [-0.05, 0) is 66.0 Å². The summed E-state index contributed by atoms with van der Waals surface area (Å²) >= 11 is 6.02. The van der Waals surface area contributed by atoms with Crippen LogP contribution in [-0.4, -0.2) is 22.5 Å². The Morgan fingerprint density at radius 1 is 1.03 bits per heavy atom. The summed E-state index contributed by atoms with van der Waals surface area (Å²) < 4.78 is 0. The molecule has 4 rings (SSSR count). The van der Waals surface area contributed by atoms with Gasteiger partial charge in [0, 0.05) is 22.7 Å². The summed E-state index contributed by atoms with van der Waals surface area (Å²) in [6.45, 7) is 2.81. The highest BCUT2D eigenvalue weighted by Gasteiger charge is 2.42. The average Bonchev–Trinajstić information content (AvgIpc) is 3.64. The molecule has 3 aromatic rings. The van der Waals surface area contributed by atoms with Gasteiger partial charge >= 0.3 is 0 Å². The topological polar surface area (TPSA) is 72.7 Å². The second kappa shape index (κ2) is 10.4. The number of hydroxylamine groups is 2. The lowest BCUT2D eigenvalue weighted by Crippen LogP contribution is -2.33. The number of nitrogens with zero attached hydrogens (tertiary/aromatic N) is 2. The van der Waals surface area contributed by atoms with Crippen LogP contribution in [0.15, 0.2) is 72.8 Å². The van der Waals surface area contributed by atoms with Crippen molar-refractivity contribution in [2.75, 3.05) is 6.61 Å². The molecular weight excluding hydrogens is 452 g/mol. The monoisotopic (exact) mass is 478 g/mol. The van der Waals surface area contributed by atoms with Gasteiger partial charge in [0.25, 0.3) is 11.6 Å². The Bertz CT molecular complexity index is 1160. The molecule has 3 aromatic carbocycles. The minimum Gasteiger partial charge on any atom is -0.270 e. The molecule has 0 N–H and O–H groups in total. The highest BCUT2D eigenvalue weighted by atomic mass is 35.5. The lowest BCUT2D eigenvalue weighted by Gasteiger charge is -2.25. The Kier molecular flexibility index (Phi) is 7.29. The normalized spacial score (nSPS) is 13.9. The fraction of sp³-hybridized carbons (Fsp3) is 0.296. The van der Waals surface area contributed by atoms with E-state index < -0.39 is 4.92 Å². The van der Waals surface area contributed by atoms with Gasteiger partial charge in [-0.2, -0.15) is 0 Å². The zero-order chi connectivity index (χ0) is 24.1. The van der Waals surface area contributed by atoms with Gasteiger partial charge in [-0.25, -0.2) is 5.06 Å². The van der Waals surface area contributed by atoms with Gasteiger partial charge in [-0.3, -0.25) is 19.7 Å². The Hall–Kier alpha value is -3.22. The molecule has 0 spiro atoms. The fourth-order valence-corrected chi connectivity index (χ4v) is 4.02. The van der Waals surface area contributed by atoms with Gasteiger partial charge in [-0.15, -0.1) is 0 Å². The van der Waals surface area contributed by atoms with Crippen molar-refractivity contribution in [2.45, 2.75) is 39.2 Å². The number of benzene rings is 3. The molecule has 34 heavy (non-hydrogen) atoms. The third-order valence-electron chi connectivity index (χ3n) is 6.49. The first-order valence-electron chi connectivity index (χ1n) is 11.4. The molecule has 0 heterocycles. The first-order chi connectivity index (χ1) is 16.4. The number of rotatable bonds is 10. The largest absolute Gasteiger partial charge is 0.278 e. The Morgan fingerprint density at radius 3 is 2.29 bits per heavy atom. The van der Waals surface area contributed by atoms with Crippen molar-refractivity contribution in [3.05, 3.63) is 110 Å². The minimum atomic E-state index is -0.436.